The summed E-state index contributed by atoms with van der Waals surface area (Å²) in [5.41, 5.74) is 2.37. The third kappa shape index (κ3) is 3.70. The van der Waals surface area contributed by atoms with Gasteiger partial charge < -0.3 is 14.7 Å². The van der Waals surface area contributed by atoms with Crippen molar-refractivity contribution >= 4 is 27.4 Å². The molecule has 27 heavy (non-hydrogen) atoms. The minimum Gasteiger partial charge on any atom is -0.396 e. The lowest BCUT2D eigenvalue weighted by Crippen LogP contribution is -2.41. The average Bonchev–Trinajstić information content (AvgIpc) is 3.13. The van der Waals surface area contributed by atoms with Crippen LogP contribution in [0, 0.1) is 0 Å². The highest BCUT2D eigenvalue weighted by atomic mass is 32.1. The second kappa shape index (κ2) is 8.33. The molecule has 1 atom stereocenters. The van der Waals surface area contributed by atoms with Gasteiger partial charge in [0.15, 0.2) is 5.82 Å². The van der Waals surface area contributed by atoms with E-state index in [0.29, 0.717) is 12.6 Å². The van der Waals surface area contributed by atoms with Gasteiger partial charge in [0.05, 0.1) is 5.39 Å². The molecule has 0 aliphatic carbocycles. The zero-order chi connectivity index (χ0) is 18.6. The quantitative estimate of drug-likeness (QED) is 0.690. The van der Waals surface area contributed by atoms with E-state index in [4.69, 9.17) is 14.7 Å². The number of fused-ring (bicyclic) bond motifs is 1. The van der Waals surface area contributed by atoms with Crippen molar-refractivity contribution < 1.29 is 9.84 Å². The Bertz CT molecular complexity index is 895. The van der Waals surface area contributed by atoms with E-state index in [1.807, 2.05) is 6.07 Å². The summed E-state index contributed by atoms with van der Waals surface area (Å²) in [4.78, 5) is 13.1. The molecule has 3 heterocycles. The average molecular weight is 384 g/mol. The molecule has 2 aromatic heterocycles. The first-order valence-corrected chi connectivity index (χ1v) is 10.4. The van der Waals surface area contributed by atoms with E-state index in [9.17, 15) is 5.11 Å². The first-order chi connectivity index (χ1) is 13.3. The van der Waals surface area contributed by atoms with E-state index < -0.39 is 0 Å². The van der Waals surface area contributed by atoms with Crippen LogP contribution in [0.15, 0.2) is 35.7 Å². The highest BCUT2D eigenvalue weighted by Gasteiger charge is 2.27. The number of piperidine rings is 1. The van der Waals surface area contributed by atoms with Gasteiger partial charge >= 0.3 is 0 Å². The van der Waals surface area contributed by atoms with Gasteiger partial charge in [0.25, 0.3) is 0 Å². The Kier molecular flexibility index (Phi) is 5.66. The number of thiophene rings is 1. The van der Waals surface area contributed by atoms with Gasteiger partial charge in [0.1, 0.15) is 17.3 Å². The maximum atomic E-state index is 9.55. The van der Waals surface area contributed by atoms with E-state index in [1.54, 1.807) is 18.4 Å². The zero-order valence-electron chi connectivity index (χ0n) is 15.6. The number of aliphatic hydroxyl groups is 1. The van der Waals surface area contributed by atoms with Crippen LogP contribution < -0.4 is 4.90 Å². The predicted octanol–water partition coefficient (Wildman–Crippen LogP) is 4.25. The summed E-state index contributed by atoms with van der Waals surface area (Å²) in [5.74, 6) is 1.71. The molecule has 0 spiro atoms. The largest absolute Gasteiger partial charge is 0.396 e. The number of ether oxygens (including phenoxy) is 1. The number of benzene rings is 1. The maximum absolute atomic E-state index is 9.55. The normalized spacial score (nSPS) is 17.6. The Morgan fingerprint density at radius 1 is 1.22 bits per heavy atom. The standard InChI is InChI=1S/C21H25N3O2S/c1-26-13-18-22-20(24-11-6-5-9-16(24)10-12-25)19-17(14-27-21(19)23-18)15-7-3-2-4-8-15/h2-4,7-8,14,16,25H,5-6,9-13H2,1H3. The fraction of sp³-hybridized carbons (Fsp3) is 0.429. The van der Waals surface area contributed by atoms with Crippen molar-refractivity contribution in [2.45, 2.75) is 38.3 Å². The lowest BCUT2D eigenvalue weighted by Gasteiger charge is -2.37. The Balaban J connectivity index is 1.89. The fourth-order valence-corrected chi connectivity index (χ4v) is 4.89. The van der Waals surface area contributed by atoms with Crippen molar-refractivity contribution in [2.75, 3.05) is 25.2 Å². The number of hydrogen-bond donors (Lipinski definition) is 1. The molecule has 0 saturated carbocycles. The smallest absolute Gasteiger partial charge is 0.158 e. The van der Waals surface area contributed by atoms with E-state index in [2.05, 4.69) is 34.5 Å². The molecule has 0 amide bonds. The molecular weight excluding hydrogens is 358 g/mol. The number of anilines is 1. The third-order valence-electron chi connectivity index (χ3n) is 5.18. The molecule has 0 bridgehead atoms. The Labute approximate surface area is 163 Å². The minimum absolute atomic E-state index is 0.204. The van der Waals surface area contributed by atoms with Gasteiger partial charge in [-0.3, -0.25) is 0 Å². The van der Waals surface area contributed by atoms with E-state index in [-0.39, 0.29) is 6.61 Å². The van der Waals surface area contributed by atoms with E-state index in [1.165, 1.54) is 17.5 Å². The third-order valence-corrected chi connectivity index (χ3v) is 6.05. The van der Waals surface area contributed by atoms with Crippen molar-refractivity contribution in [3.05, 3.63) is 41.5 Å². The summed E-state index contributed by atoms with van der Waals surface area (Å²) in [5, 5.41) is 12.9. The Morgan fingerprint density at radius 2 is 2.07 bits per heavy atom. The van der Waals surface area contributed by atoms with Gasteiger partial charge in [-0.25, -0.2) is 9.97 Å². The van der Waals surface area contributed by atoms with Crippen LogP contribution in [0.3, 0.4) is 0 Å². The van der Waals surface area contributed by atoms with Crippen LogP contribution in [-0.4, -0.2) is 41.4 Å². The molecule has 1 N–H and O–H groups in total. The molecular formula is C21H25N3O2S. The lowest BCUT2D eigenvalue weighted by atomic mass is 9.98. The second-order valence-electron chi connectivity index (χ2n) is 6.95. The van der Waals surface area contributed by atoms with Crippen molar-refractivity contribution in [2.24, 2.45) is 0 Å². The minimum atomic E-state index is 0.204. The van der Waals surface area contributed by atoms with E-state index >= 15 is 0 Å². The maximum Gasteiger partial charge on any atom is 0.158 e. The number of rotatable bonds is 6. The summed E-state index contributed by atoms with van der Waals surface area (Å²) in [7, 11) is 1.67. The summed E-state index contributed by atoms with van der Waals surface area (Å²) in [6.07, 6.45) is 4.22. The summed E-state index contributed by atoms with van der Waals surface area (Å²) < 4.78 is 5.31. The van der Waals surface area contributed by atoms with Crippen LogP contribution in [-0.2, 0) is 11.3 Å². The molecule has 1 fully saturated rings. The monoisotopic (exact) mass is 383 g/mol. The number of methoxy groups -OCH3 is 1. The van der Waals surface area contributed by atoms with Gasteiger partial charge in [-0.1, -0.05) is 30.3 Å². The molecule has 6 heteroatoms. The van der Waals surface area contributed by atoms with Crippen LogP contribution in [0.5, 0.6) is 0 Å². The SMILES string of the molecule is COCc1nc(N2CCCCC2CCO)c2c(-c3ccccc3)csc2n1. The molecule has 1 aromatic carbocycles. The molecule has 3 aromatic rings. The summed E-state index contributed by atoms with van der Waals surface area (Å²) >= 11 is 1.66. The lowest BCUT2D eigenvalue weighted by molar-refractivity contribution is 0.178. The fourth-order valence-electron chi connectivity index (χ4n) is 3.93. The Morgan fingerprint density at radius 3 is 2.85 bits per heavy atom. The van der Waals surface area contributed by atoms with Gasteiger partial charge in [-0.2, -0.15) is 0 Å². The van der Waals surface area contributed by atoms with Crippen molar-refractivity contribution in [3.63, 3.8) is 0 Å². The topological polar surface area (TPSA) is 58.5 Å². The predicted molar refractivity (Wildman–Crippen MR) is 110 cm³/mol. The van der Waals surface area contributed by atoms with Gasteiger partial charge in [-0.05, 0) is 31.2 Å². The molecule has 1 aliphatic rings. The highest BCUT2D eigenvalue weighted by Crippen LogP contribution is 2.40. The molecule has 1 saturated heterocycles. The first kappa shape index (κ1) is 18.3. The molecule has 5 nitrogen and oxygen atoms in total. The van der Waals surface area contributed by atoms with Crippen LogP contribution in [0.1, 0.15) is 31.5 Å². The molecule has 1 unspecified atom stereocenters. The number of hydrogen-bond acceptors (Lipinski definition) is 6. The van der Waals surface area contributed by atoms with Crippen molar-refractivity contribution in [1.29, 1.82) is 0 Å². The second-order valence-corrected chi connectivity index (χ2v) is 7.81. The van der Waals surface area contributed by atoms with E-state index in [0.717, 1.165) is 47.7 Å². The van der Waals surface area contributed by atoms with Gasteiger partial charge in [0, 0.05) is 37.2 Å². The number of aliphatic hydroxyl groups excluding tert-OH is 1. The number of aromatic nitrogens is 2. The Hall–Kier alpha value is -2.02. The number of nitrogens with zero attached hydrogens (tertiary/aromatic N) is 3. The highest BCUT2D eigenvalue weighted by molar-refractivity contribution is 7.17. The van der Waals surface area contributed by atoms with Crippen LogP contribution in [0.25, 0.3) is 21.3 Å². The molecule has 142 valence electrons. The van der Waals surface area contributed by atoms with Gasteiger partial charge in [-0.15, -0.1) is 11.3 Å². The molecule has 0 radical (unpaired) electrons. The van der Waals surface area contributed by atoms with Crippen LogP contribution >= 0.6 is 11.3 Å². The molecule has 1 aliphatic heterocycles. The van der Waals surface area contributed by atoms with Crippen molar-refractivity contribution in [1.82, 2.24) is 9.97 Å². The zero-order valence-corrected chi connectivity index (χ0v) is 16.4. The van der Waals surface area contributed by atoms with Crippen LogP contribution in [0.2, 0.25) is 0 Å². The summed E-state index contributed by atoms with van der Waals surface area (Å²) in [6, 6.07) is 10.8. The molecule has 4 rings (SSSR count). The van der Waals surface area contributed by atoms with Crippen molar-refractivity contribution in [3.8, 4) is 11.1 Å². The van der Waals surface area contributed by atoms with Crippen LogP contribution in [0.4, 0.5) is 5.82 Å². The van der Waals surface area contributed by atoms with Gasteiger partial charge in [0.2, 0.25) is 0 Å². The first-order valence-electron chi connectivity index (χ1n) is 9.51. The summed E-state index contributed by atoms with van der Waals surface area (Å²) in [6.45, 7) is 1.57.